The molecule has 4 nitrogen and oxygen atoms in total. The van der Waals surface area contributed by atoms with Crippen LogP contribution < -0.4 is 10.1 Å². The second kappa shape index (κ2) is 7.26. The van der Waals surface area contributed by atoms with Crippen LogP contribution in [0.3, 0.4) is 0 Å². The second-order valence-corrected chi connectivity index (χ2v) is 5.89. The largest absolute Gasteiger partial charge is 0.487 e. The number of aromatic nitrogens is 1. The smallest absolute Gasteiger partial charge is 0.138 e. The van der Waals surface area contributed by atoms with E-state index in [2.05, 4.69) is 23.3 Å². The predicted molar refractivity (Wildman–Crippen MR) is 90.1 cm³/mol. The third-order valence-electron chi connectivity index (χ3n) is 4.42. The van der Waals surface area contributed by atoms with E-state index in [1.807, 2.05) is 24.3 Å². The summed E-state index contributed by atoms with van der Waals surface area (Å²) in [6, 6.07) is 13.5. The number of hydrogen-bond donors (Lipinski definition) is 1. The molecule has 2 aromatic rings. The highest BCUT2D eigenvalue weighted by Gasteiger charge is 2.25. The van der Waals surface area contributed by atoms with Gasteiger partial charge in [-0.1, -0.05) is 19.1 Å². The Balaban J connectivity index is 1.70. The molecule has 1 N–H and O–H groups in total. The Kier molecular flexibility index (Phi) is 4.89. The minimum atomic E-state index is 0.219. The summed E-state index contributed by atoms with van der Waals surface area (Å²) in [5.74, 6) is 1.42. The summed E-state index contributed by atoms with van der Waals surface area (Å²) >= 11 is 0. The fourth-order valence-electron chi connectivity index (χ4n) is 3.00. The van der Waals surface area contributed by atoms with E-state index in [0.29, 0.717) is 11.5 Å². The third-order valence-corrected chi connectivity index (χ3v) is 4.42. The summed E-state index contributed by atoms with van der Waals surface area (Å²) in [5.41, 5.74) is 2.54. The number of hydrogen-bond acceptors (Lipinski definition) is 4. The third kappa shape index (κ3) is 3.69. The molecule has 1 aromatic carbocycles. The van der Waals surface area contributed by atoms with Crippen LogP contribution in [0.15, 0.2) is 42.6 Å². The van der Waals surface area contributed by atoms with Gasteiger partial charge < -0.3 is 10.1 Å². The second-order valence-electron chi connectivity index (χ2n) is 5.89. The first-order valence-corrected chi connectivity index (χ1v) is 8.14. The van der Waals surface area contributed by atoms with E-state index < -0.39 is 0 Å². The number of pyridine rings is 1. The van der Waals surface area contributed by atoms with Crippen molar-refractivity contribution < 1.29 is 4.74 Å². The number of nitriles is 1. The van der Waals surface area contributed by atoms with Gasteiger partial charge >= 0.3 is 0 Å². The lowest BCUT2D eigenvalue weighted by molar-refractivity contribution is 0.102. The molecule has 1 aromatic heterocycles. The quantitative estimate of drug-likeness (QED) is 0.940. The molecular formula is C19H21N3O. The Morgan fingerprint density at radius 1 is 1.26 bits per heavy atom. The van der Waals surface area contributed by atoms with Gasteiger partial charge in [0.05, 0.1) is 23.5 Å². The molecule has 0 radical (unpaired) electrons. The Bertz CT molecular complexity index is 673. The van der Waals surface area contributed by atoms with Crippen molar-refractivity contribution >= 4 is 0 Å². The van der Waals surface area contributed by atoms with E-state index in [4.69, 9.17) is 10.00 Å². The summed E-state index contributed by atoms with van der Waals surface area (Å²) in [5, 5.41) is 12.2. The zero-order chi connectivity index (χ0) is 16.1. The Labute approximate surface area is 137 Å². The molecule has 0 spiro atoms. The summed E-state index contributed by atoms with van der Waals surface area (Å²) in [4.78, 5) is 4.49. The molecule has 3 rings (SSSR count). The van der Waals surface area contributed by atoms with E-state index in [-0.39, 0.29) is 6.10 Å². The van der Waals surface area contributed by atoms with E-state index in [1.54, 1.807) is 18.3 Å². The Hall–Kier alpha value is -2.38. The van der Waals surface area contributed by atoms with E-state index in [0.717, 1.165) is 42.9 Å². The molecule has 1 fully saturated rings. The van der Waals surface area contributed by atoms with Crippen molar-refractivity contribution in [1.29, 1.82) is 5.26 Å². The normalized spacial score (nSPS) is 20.7. The first-order chi connectivity index (χ1) is 11.3. The van der Waals surface area contributed by atoms with Gasteiger partial charge in [0.25, 0.3) is 0 Å². The van der Waals surface area contributed by atoms with Crippen molar-refractivity contribution in [3.63, 3.8) is 0 Å². The minimum absolute atomic E-state index is 0.219. The van der Waals surface area contributed by atoms with Crippen LogP contribution >= 0.6 is 0 Å². The minimum Gasteiger partial charge on any atom is -0.487 e. The molecule has 0 aliphatic carbocycles. The maximum Gasteiger partial charge on any atom is 0.138 e. The maximum absolute atomic E-state index is 8.85. The number of nitrogens with zero attached hydrogens (tertiary/aromatic N) is 2. The summed E-state index contributed by atoms with van der Waals surface area (Å²) < 4.78 is 6.12. The molecule has 1 unspecified atom stereocenters. The lowest BCUT2D eigenvalue weighted by Gasteiger charge is -2.31. The maximum atomic E-state index is 8.85. The lowest BCUT2D eigenvalue weighted by Crippen LogP contribution is -2.43. The van der Waals surface area contributed by atoms with Crippen LogP contribution in [0.25, 0.3) is 11.3 Å². The summed E-state index contributed by atoms with van der Waals surface area (Å²) in [6.07, 6.45) is 4.31. The highest BCUT2D eigenvalue weighted by Crippen LogP contribution is 2.24. The molecule has 2 heterocycles. The van der Waals surface area contributed by atoms with Gasteiger partial charge in [0, 0.05) is 12.1 Å². The van der Waals surface area contributed by atoms with Crippen LogP contribution in [0.2, 0.25) is 0 Å². The summed E-state index contributed by atoms with van der Waals surface area (Å²) in [7, 11) is 0. The van der Waals surface area contributed by atoms with Crippen LogP contribution in [0, 0.1) is 17.2 Å². The fraction of sp³-hybridized carbons (Fsp3) is 0.368. The van der Waals surface area contributed by atoms with Crippen molar-refractivity contribution in [2.45, 2.75) is 25.9 Å². The van der Waals surface area contributed by atoms with E-state index in [9.17, 15) is 0 Å². The average molecular weight is 307 g/mol. The van der Waals surface area contributed by atoms with Gasteiger partial charge in [-0.15, -0.1) is 0 Å². The van der Waals surface area contributed by atoms with Gasteiger partial charge in [0.2, 0.25) is 0 Å². The highest BCUT2D eigenvalue weighted by molar-refractivity contribution is 5.60. The SMILES string of the molecule is CCC1CCNC[C@@H]1Oc1ccc(-c2ccc(C#N)cc2)nc1. The van der Waals surface area contributed by atoms with Crippen molar-refractivity contribution in [2.75, 3.05) is 13.1 Å². The molecule has 1 saturated heterocycles. The van der Waals surface area contributed by atoms with Crippen LogP contribution in [0.4, 0.5) is 0 Å². The zero-order valence-corrected chi connectivity index (χ0v) is 13.3. The van der Waals surface area contributed by atoms with Crippen LogP contribution in [0.1, 0.15) is 25.3 Å². The first kappa shape index (κ1) is 15.5. The molecule has 23 heavy (non-hydrogen) atoms. The zero-order valence-electron chi connectivity index (χ0n) is 13.3. The molecule has 0 bridgehead atoms. The topological polar surface area (TPSA) is 57.9 Å². The van der Waals surface area contributed by atoms with Crippen molar-refractivity contribution in [3.05, 3.63) is 48.2 Å². The average Bonchev–Trinajstić information content (AvgIpc) is 2.63. The highest BCUT2D eigenvalue weighted by atomic mass is 16.5. The standard InChI is InChI=1S/C19H21N3O/c1-2-15-9-10-21-13-19(15)23-17-7-8-18(22-12-17)16-5-3-14(11-20)4-6-16/h3-8,12,15,19,21H,2,9-10,13H2,1H3/t15?,19-/m0/s1. The Morgan fingerprint density at radius 3 is 2.74 bits per heavy atom. The number of benzene rings is 1. The van der Waals surface area contributed by atoms with Gasteiger partial charge in [-0.3, -0.25) is 4.98 Å². The number of ether oxygens (including phenoxy) is 1. The van der Waals surface area contributed by atoms with Crippen molar-refractivity contribution in [2.24, 2.45) is 5.92 Å². The van der Waals surface area contributed by atoms with Crippen molar-refractivity contribution in [1.82, 2.24) is 10.3 Å². The molecule has 0 saturated carbocycles. The monoisotopic (exact) mass is 307 g/mol. The molecule has 2 atom stereocenters. The van der Waals surface area contributed by atoms with Crippen LogP contribution in [-0.4, -0.2) is 24.2 Å². The molecular weight excluding hydrogens is 286 g/mol. The van der Waals surface area contributed by atoms with Gasteiger partial charge in [-0.05, 0) is 49.6 Å². The van der Waals surface area contributed by atoms with Gasteiger partial charge in [-0.25, -0.2) is 0 Å². The Morgan fingerprint density at radius 2 is 2.09 bits per heavy atom. The van der Waals surface area contributed by atoms with Gasteiger partial charge in [0.15, 0.2) is 0 Å². The molecule has 1 aliphatic heterocycles. The summed E-state index contributed by atoms with van der Waals surface area (Å²) in [6.45, 7) is 4.20. The predicted octanol–water partition coefficient (Wildman–Crippen LogP) is 3.39. The van der Waals surface area contributed by atoms with E-state index >= 15 is 0 Å². The number of nitrogens with one attached hydrogen (secondary N) is 1. The lowest BCUT2D eigenvalue weighted by atomic mass is 9.92. The van der Waals surface area contributed by atoms with Crippen LogP contribution in [0.5, 0.6) is 5.75 Å². The first-order valence-electron chi connectivity index (χ1n) is 8.14. The van der Waals surface area contributed by atoms with Crippen LogP contribution in [-0.2, 0) is 0 Å². The van der Waals surface area contributed by atoms with Gasteiger partial charge in [0.1, 0.15) is 11.9 Å². The fourth-order valence-corrected chi connectivity index (χ4v) is 3.00. The number of piperidine rings is 1. The molecule has 4 heteroatoms. The number of rotatable bonds is 4. The molecule has 118 valence electrons. The molecule has 1 aliphatic rings. The van der Waals surface area contributed by atoms with E-state index in [1.165, 1.54) is 0 Å². The molecule has 0 amide bonds. The van der Waals surface area contributed by atoms with Gasteiger partial charge in [-0.2, -0.15) is 5.26 Å². The van der Waals surface area contributed by atoms with Crippen molar-refractivity contribution in [3.8, 4) is 23.1 Å².